The molecule has 0 fully saturated rings. The van der Waals surface area contributed by atoms with Crippen LogP contribution in [0, 0.1) is 11.3 Å². The lowest BCUT2D eigenvalue weighted by Gasteiger charge is -2.18. The summed E-state index contributed by atoms with van der Waals surface area (Å²) >= 11 is 8.81. The van der Waals surface area contributed by atoms with Gasteiger partial charge in [-0.15, -0.1) is 11.3 Å². The van der Waals surface area contributed by atoms with E-state index in [4.69, 9.17) is 21.6 Å². The Morgan fingerprint density at radius 2 is 2.31 bits per heavy atom. The third kappa shape index (κ3) is 4.98. The highest BCUT2D eigenvalue weighted by atomic mass is 35.5. The highest BCUT2D eigenvalue weighted by molar-refractivity contribution is 8.14. The van der Waals surface area contributed by atoms with E-state index in [0.717, 1.165) is 16.6 Å². The summed E-state index contributed by atoms with van der Waals surface area (Å²) in [7, 11) is 1.51. The number of carbonyl (C=O) groups excluding carboxylic acids is 2. The van der Waals surface area contributed by atoms with Crippen molar-refractivity contribution in [1.82, 2.24) is 5.32 Å². The van der Waals surface area contributed by atoms with Crippen LogP contribution in [0.3, 0.4) is 0 Å². The molecule has 0 atom stereocenters. The average Bonchev–Trinajstić information content (AvgIpc) is 3.33. The van der Waals surface area contributed by atoms with Crippen LogP contribution in [-0.2, 0) is 9.59 Å². The van der Waals surface area contributed by atoms with Gasteiger partial charge < -0.3 is 10.1 Å². The van der Waals surface area contributed by atoms with Crippen molar-refractivity contribution < 1.29 is 14.3 Å². The number of methoxy groups -OCH3 is 1. The molecule has 1 aromatic carbocycles. The van der Waals surface area contributed by atoms with Gasteiger partial charge in [0.1, 0.15) is 18.0 Å². The van der Waals surface area contributed by atoms with Gasteiger partial charge in [-0.1, -0.05) is 29.4 Å². The van der Waals surface area contributed by atoms with E-state index in [0.29, 0.717) is 21.6 Å². The van der Waals surface area contributed by atoms with E-state index in [2.05, 4.69) is 10.3 Å². The van der Waals surface area contributed by atoms with E-state index in [1.165, 1.54) is 23.3 Å². The van der Waals surface area contributed by atoms with Crippen LogP contribution < -0.4 is 15.0 Å². The maximum absolute atomic E-state index is 13.0. The van der Waals surface area contributed by atoms with E-state index in [1.807, 2.05) is 23.6 Å². The van der Waals surface area contributed by atoms with Crippen LogP contribution in [0.4, 0.5) is 5.69 Å². The molecule has 3 rings (SSSR count). The normalized spacial score (nSPS) is 14.7. The first kappa shape index (κ1) is 20.9. The Balaban J connectivity index is 1.90. The molecule has 0 saturated carbocycles. The zero-order valence-corrected chi connectivity index (χ0v) is 17.6. The second-order valence-corrected chi connectivity index (χ2v) is 7.95. The molecule has 2 amide bonds. The fraction of sp³-hybridized carbons (Fsp3) is 0.158. The Hall–Kier alpha value is -2.80. The van der Waals surface area contributed by atoms with Crippen LogP contribution in [-0.4, -0.2) is 36.4 Å². The number of amides is 2. The lowest BCUT2D eigenvalue weighted by atomic mass is 10.2. The van der Waals surface area contributed by atoms with E-state index >= 15 is 0 Å². The summed E-state index contributed by atoms with van der Waals surface area (Å²) in [5, 5.41) is 13.6. The number of ether oxygens (including phenoxy) is 1. The molecule has 0 radical (unpaired) electrons. The number of aliphatic imine (C=N–C) groups is 1. The molecule has 2 aromatic rings. The van der Waals surface area contributed by atoms with Crippen LogP contribution in [0.1, 0.15) is 4.88 Å². The topological polar surface area (TPSA) is 94.8 Å². The summed E-state index contributed by atoms with van der Waals surface area (Å²) in [4.78, 5) is 31.6. The smallest absolute Gasteiger partial charge is 0.283 e. The van der Waals surface area contributed by atoms with Crippen molar-refractivity contribution in [3.63, 3.8) is 0 Å². The number of nitrogens with zero attached hydrogens (tertiary/aromatic N) is 3. The first-order valence-electron chi connectivity index (χ1n) is 8.32. The molecule has 1 aromatic heterocycles. The molecule has 148 valence electrons. The third-order valence-corrected chi connectivity index (χ3v) is 5.80. The van der Waals surface area contributed by atoms with Crippen molar-refractivity contribution in [1.29, 1.82) is 5.26 Å². The Morgan fingerprint density at radius 1 is 1.48 bits per heavy atom. The summed E-state index contributed by atoms with van der Waals surface area (Å²) < 4.78 is 5.16. The van der Waals surface area contributed by atoms with Gasteiger partial charge in [0.25, 0.3) is 5.91 Å². The molecular weight excluding hydrogens is 432 g/mol. The predicted molar refractivity (Wildman–Crippen MR) is 116 cm³/mol. The van der Waals surface area contributed by atoms with Gasteiger partial charge in [0.15, 0.2) is 5.17 Å². The Labute approximate surface area is 180 Å². The third-order valence-electron chi connectivity index (χ3n) is 3.74. The molecule has 0 saturated heterocycles. The van der Waals surface area contributed by atoms with Gasteiger partial charge in [0.05, 0.1) is 29.6 Å². The van der Waals surface area contributed by atoms with Crippen molar-refractivity contribution in [3.8, 4) is 11.8 Å². The molecule has 0 unspecified atom stereocenters. The number of nitriles is 1. The Morgan fingerprint density at radius 3 is 2.97 bits per heavy atom. The maximum atomic E-state index is 13.0. The number of hydrogen-bond donors (Lipinski definition) is 1. The zero-order valence-electron chi connectivity index (χ0n) is 15.2. The van der Waals surface area contributed by atoms with Crippen LogP contribution in [0.15, 0.2) is 46.4 Å². The van der Waals surface area contributed by atoms with Gasteiger partial charge in [0, 0.05) is 4.88 Å². The number of hydrogen-bond acceptors (Lipinski definition) is 7. The molecule has 1 aliphatic heterocycles. The maximum Gasteiger partial charge on any atom is 0.283 e. The van der Waals surface area contributed by atoms with Crippen molar-refractivity contribution in [3.05, 3.63) is 51.3 Å². The number of halogens is 1. The second kappa shape index (κ2) is 9.60. The van der Waals surface area contributed by atoms with Gasteiger partial charge in [-0.2, -0.15) is 5.26 Å². The molecule has 10 heteroatoms. The van der Waals surface area contributed by atoms with Crippen LogP contribution in [0.5, 0.6) is 5.75 Å². The fourth-order valence-corrected chi connectivity index (χ4v) is 4.19. The number of thioether (sulfide) groups is 1. The van der Waals surface area contributed by atoms with Crippen LogP contribution in [0.2, 0.25) is 5.02 Å². The van der Waals surface area contributed by atoms with Crippen molar-refractivity contribution >= 4 is 63.4 Å². The number of anilines is 1. The predicted octanol–water partition coefficient (Wildman–Crippen LogP) is 3.53. The van der Waals surface area contributed by atoms with E-state index in [1.54, 1.807) is 24.3 Å². The average molecular weight is 447 g/mol. The number of carbonyl (C=O) groups is 2. The lowest BCUT2D eigenvalue weighted by Crippen LogP contribution is -2.32. The molecule has 0 spiro atoms. The number of nitrogens with one attached hydrogen (secondary N) is 1. The fourth-order valence-electron chi connectivity index (χ4n) is 2.44. The number of amidine groups is 1. The minimum atomic E-state index is -0.324. The number of rotatable bonds is 6. The van der Waals surface area contributed by atoms with Gasteiger partial charge >= 0.3 is 0 Å². The zero-order chi connectivity index (χ0) is 20.8. The number of thiophene rings is 1. The second-order valence-electron chi connectivity index (χ2n) is 5.62. The summed E-state index contributed by atoms with van der Waals surface area (Å²) in [5.74, 6) is -0.145. The monoisotopic (exact) mass is 446 g/mol. The molecule has 0 bridgehead atoms. The summed E-state index contributed by atoms with van der Waals surface area (Å²) in [6, 6.07) is 10.6. The van der Waals surface area contributed by atoms with Crippen molar-refractivity contribution in [2.45, 2.75) is 0 Å². The van der Waals surface area contributed by atoms with Crippen LogP contribution in [0.25, 0.3) is 6.08 Å². The highest BCUT2D eigenvalue weighted by Gasteiger charge is 2.32. The first-order valence-corrected chi connectivity index (χ1v) is 10.6. The minimum Gasteiger partial charge on any atom is -0.495 e. The van der Waals surface area contributed by atoms with Crippen LogP contribution >= 0.6 is 34.7 Å². The Bertz CT molecular complexity index is 1030. The molecule has 2 heterocycles. The standard InChI is InChI=1S/C19H15ClN4O3S2/c1-27-16-5-4-12(9-14(16)20)24-18(26)15(10-13-3-2-8-28-13)23-19(24)29-11-17(25)22-7-6-21/h2-5,8-10H,7,11H2,1H3,(H,22,25)/b15-10-. The molecule has 1 aliphatic rings. The summed E-state index contributed by atoms with van der Waals surface area (Å²) in [6.45, 7) is -0.0772. The largest absolute Gasteiger partial charge is 0.495 e. The van der Waals surface area contributed by atoms with E-state index < -0.39 is 0 Å². The van der Waals surface area contributed by atoms with Crippen molar-refractivity contribution in [2.75, 3.05) is 24.3 Å². The SMILES string of the molecule is COc1ccc(N2C(=O)/C(=C/c3cccs3)N=C2SCC(=O)NCC#N)cc1Cl. The number of benzene rings is 1. The Kier molecular flexibility index (Phi) is 6.93. The lowest BCUT2D eigenvalue weighted by molar-refractivity contribution is -0.118. The van der Waals surface area contributed by atoms with E-state index in [9.17, 15) is 9.59 Å². The molecule has 1 N–H and O–H groups in total. The summed E-state index contributed by atoms with van der Waals surface area (Å²) in [6.07, 6.45) is 1.70. The quantitative estimate of drug-likeness (QED) is 0.541. The van der Waals surface area contributed by atoms with Gasteiger partial charge in [-0.3, -0.25) is 14.5 Å². The molecule has 7 nitrogen and oxygen atoms in total. The summed E-state index contributed by atoms with van der Waals surface area (Å²) in [5.41, 5.74) is 0.776. The molecule has 0 aliphatic carbocycles. The molecular formula is C19H15ClN4O3S2. The molecule has 29 heavy (non-hydrogen) atoms. The first-order chi connectivity index (χ1) is 14.0. The minimum absolute atomic E-state index is 0.0143. The van der Waals surface area contributed by atoms with Gasteiger partial charge in [-0.25, -0.2) is 4.99 Å². The van der Waals surface area contributed by atoms with Gasteiger partial charge in [0.2, 0.25) is 5.91 Å². The van der Waals surface area contributed by atoms with Gasteiger partial charge in [-0.05, 0) is 35.7 Å². The van der Waals surface area contributed by atoms with E-state index in [-0.39, 0.29) is 29.8 Å². The van der Waals surface area contributed by atoms with Crippen molar-refractivity contribution in [2.24, 2.45) is 4.99 Å². The highest BCUT2D eigenvalue weighted by Crippen LogP contribution is 2.34.